The second-order valence-electron chi connectivity index (χ2n) is 5.73. The van der Waals surface area contributed by atoms with E-state index in [9.17, 15) is 0 Å². The van der Waals surface area contributed by atoms with Gasteiger partial charge in [-0.15, -0.1) is 0 Å². The minimum Gasteiger partial charge on any atom is -0.311 e. The van der Waals surface area contributed by atoms with E-state index in [4.69, 9.17) is 11.6 Å². The van der Waals surface area contributed by atoms with E-state index in [0.717, 1.165) is 25.6 Å². The van der Waals surface area contributed by atoms with Crippen molar-refractivity contribution >= 4 is 11.6 Å². The van der Waals surface area contributed by atoms with E-state index < -0.39 is 0 Å². The zero-order valence-corrected chi connectivity index (χ0v) is 13.1. The van der Waals surface area contributed by atoms with Crippen molar-refractivity contribution in [2.45, 2.75) is 59.0 Å². The SMILES string of the molecule is CCCC1CN(CC(C)=CCl)C(C(C)CC)CN1. The summed E-state index contributed by atoms with van der Waals surface area (Å²) in [6.07, 6.45) is 3.77. The molecule has 0 aromatic carbocycles. The molecule has 3 unspecified atom stereocenters. The van der Waals surface area contributed by atoms with Crippen molar-refractivity contribution in [3.63, 3.8) is 0 Å². The summed E-state index contributed by atoms with van der Waals surface area (Å²) >= 11 is 5.83. The Balaban J connectivity index is 2.66. The van der Waals surface area contributed by atoms with Crippen molar-refractivity contribution < 1.29 is 0 Å². The first kappa shape index (κ1) is 16.0. The molecule has 18 heavy (non-hydrogen) atoms. The monoisotopic (exact) mass is 272 g/mol. The number of nitrogens with zero attached hydrogens (tertiary/aromatic N) is 1. The summed E-state index contributed by atoms with van der Waals surface area (Å²) in [6.45, 7) is 12.3. The van der Waals surface area contributed by atoms with Crippen LogP contribution in [0.15, 0.2) is 11.1 Å². The summed E-state index contributed by atoms with van der Waals surface area (Å²) in [4.78, 5) is 2.62. The lowest BCUT2D eigenvalue weighted by Crippen LogP contribution is -2.58. The van der Waals surface area contributed by atoms with E-state index >= 15 is 0 Å². The molecule has 0 bridgehead atoms. The molecule has 1 rings (SSSR count). The molecule has 0 spiro atoms. The van der Waals surface area contributed by atoms with Crippen LogP contribution in [0.1, 0.15) is 47.0 Å². The third kappa shape index (κ3) is 4.56. The Morgan fingerprint density at radius 2 is 2.22 bits per heavy atom. The highest BCUT2D eigenvalue weighted by Crippen LogP contribution is 2.20. The topological polar surface area (TPSA) is 15.3 Å². The molecule has 0 aromatic heterocycles. The van der Waals surface area contributed by atoms with Crippen LogP contribution in [0.2, 0.25) is 0 Å². The number of hydrogen-bond donors (Lipinski definition) is 1. The minimum atomic E-state index is 0.648. The lowest BCUT2D eigenvalue weighted by Gasteiger charge is -2.43. The summed E-state index contributed by atoms with van der Waals surface area (Å²) in [5, 5.41) is 3.71. The first-order valence-corrected chi connectivity index (χ1v) is 7.79. The van der Waals surface area contributed by atoms with Gasteiger partial charge in [0.1, 0.15) is 0 Å². The Labute approximate surface area is 118 Å². The van der Waals surface area contributed by atoms with Gasteiger partial charge in [0.15, 0.2) is 0 Å². The first-order chi connectivity index (χ1) is 8.62. The fraction of sp³-hybridized carbons (Fsp3) is 0.867. The quantitative estimate of drug-likeness (QED) is 0.795. The molecule has 1 N–H and O–H groups in total. The van der Waals surface area contributed by atoms with Crippen molar-refractivity contribution in [2.75, 3.05) is 19.6 Å². The average molecular weight is 273 g/mol. The average Bonchev–Trinajstić information content (AvgIpc) is 2.38. The van der Waals surface area contributed by atoms with Crippen LogP contribution in [0.4, 0.5) is 0 Å². The molecule has 1 aliphatic rings. The Hall–Kier alpha value is -0.0500. The molecule has 3 atom stereocenters. The van der Waals surface area contributed by atoms with Gasteiger partial charge in [-0.05, 0) is 24.8 Å². The lowest BCUT2D eigenvalue weighted by atomic mass is 9.93. The van der Waals surface area contributed by atoms with Gasteiger partial charge in [-0.1, -0.05) is 45.2 Å². The largest absolute Gasteiger partial charge is 0.311 e. The lowest BCUT2D eigenvalue weighted by molar-refractivity contribution is 0.0984. The van der Waals surface area contributed by atoms with E-state index in [0.29, 0.717) is 12.1 Å². The van der Waals surface area contributed by atoms with Crippen LogP contribution in [-0.4, -0.2) is 36.6 Å². The summed E-state index contributed by atoms with van der Waals surface area (Å²) in [5.74, 6) is 0.739. The fourth-order valence-corrected chi connectivity index (χ4v) is 2.88. The maximum Gasteiger partial charge on any atom is 0.0250 e. The van der Waals surface area contributed by atoms with E-state index in [-0.39, 0.29) is 0 Å². The molecular weight excluding hydrogens is 244 g/mol. The number of halogens is 1. The van der Waals surface area contributed by atoms with Crippen molar-refractivity contribution in [3.8, 4) is 0 Å². The molecule has 0 saturated carbocycles. The standard InChI is InChI=1S/C15H29ClN2/c1-5-7-14-11-18(10-12(3)8-16)15(9-17-14)13(4)6-2/h8,13-15,17H,5-7,9-11H2,1-4H3. The molecule has 0 aromatic rings. The summed E-state index contributed by atoms with van der Waals surface area (Å²) in [5.41, 5.74) is 2.99. The molecular formula is C15H29ClN2. The van der Waals surface area contributed by atoms with Crippen LogP contribution in [0.3, 0.4) is 0 Å². The molecule has 1 fully saturated rings. The molecule has 2 nitrogen and oxygen atoms in total. The zero-order chi connectivity index (χ0) is 13.5. The van der Waals surface area contributed by atoms with Crippen molar-refractivity contribution in [3.05, 3.63) is 11.1 Å². The van der Waals surface area contributed by atoms with Crippen molar-refractivity contribution in [1.29, 1.82) is 0 Å². The van der Waals surface area contributed by atoms with Gasteiger partial charge in [0.25, 0.3) is 0 Å². The van der Waals surface area contributed by atoms with Gasteiger partial charge in [0, 0.05) is 37.3 Å². The Bertz CT molecular complexity index is 265. The van der Waals surface area contributed by atoms with Gasteiger partial charge in [-0.25, -0.2) is 0 Å². The smallest absolute Gasteiger partial charge is 0.0250 e. The zero-order valence-electron chi connectivity index (χ0n) is 12.4. The summed E-state index contributed by atoms with van der Waals surface area (Å²) in [7, 11) is 0. The van der Waals surface area contributed by atoms with Crippen LogP contribution in [-0.2, 0) is 0 Å². The third-order valence-corrected chi connectivity index (χ3v) is 4.49. The maximum absolute atomic E-state index is 5.83. The Morgan fingerprint density at radius 3 is 2.78 bits per heavy atom. The van der Waals surface area contributed by atoms with Crippen LogP contribution < -0.4 is 5.32 Å². The fourth-order valence-electron chi connectivity index (χ4n) is 2.81. The maximum atomic E-state index is 5.83. The number of nitrogens with one attached hydrogen (secondary N) is 1. The Kier molecular flexibility index (Phi) is 7.28. The summed E-state index contributed by atoms with van der Waals surface area (Å²) in [6, 6.07) is 1.30. The van der Waals surface area contributed by atoms with Gasteiger partial charge >= 0.3 is 0 Å². The Morgan fingerprint density at radius 1 is 1.50 bits per heavy atom. The highest BCUT2D eigenvalue weighted by atomic mass is 35.5. The third-order valence-electron chi connectivity index (χ3n) is 4.12. The number of hydrogen-bond acceptors (Lipinski definition) is 2. The van der Waals surface area contributed by atoms with Crippen molar-refractivity contribution in [2.24, 2.45) is 5.92 Å². The molecule has 1 saturated heterocycles. The van der Waals surface area contributed by atoms with Gasteiger partial charge < -0.3 is 5.32 Å². The van der Waals surface area contributed by atoms with Gasteiger partial charge in [-0.2, -0.15) is 0 Å². The molecule has 0 aliphatic carbocycles. The normalized spacial score (nSPS) is 28.4. The molecule has 106 valence electrons. The molecule has 3 heteroatoms. The van der Waals surface area contributed by atoms with Gasteiger partial charge in [0.2, 0.25) is 0 Å². The predicted molar refractivity (Wildman–Crippen MR) is 81.1 cm³/mol. The highest BCUT2D eigenvalue weighted by molar-refractivity contribution is 6.25. The molecule has 1 aliphatic heterocycles. The van der Waals surface area contributed by atoms with Crippen LogP contribution >= 0.6 is 11.6 Å². The van der Waals surface area contributed by atoms with Crippen LogP contribution in [0.5, 0.6) is 0 Å². The van der Waals surface area contributed by atoms with Crippen LogP contribution in [0, 0.1) is 5.92 Å². The van der Waals surface area contributed by atoms with E-state index in [1.54, 1.807) is 5.54 Å². The van der Waals surface area contributed by atoms with E-state index in [1.807, 2.05) is 0 Å². The van der Waals surface area contributed by atoms with Crippen molar-refractivity contribution in [1.82, 2.24) is 10.2 Å². The van der Waals surface area contributed by atoms with Gasteiger partial charge in [0.05, 0.1) is 0 Å². The summed E-state index contributed by atoms with van der Waals surface area (Å²) < 4.78 is 0. The first-order valence-electron chi connectivity index (χ1n) is 7.35. The number of rotatable bonds is 6. The van der Waals surface area contributed by atoms with Crippen LogP contribution in [0.25, 0.3) is 0 Å². The second-order valence-corrected chi connectivity index (χ2v) is 5.95. The van der Waals surface area contributed by atoms with E-state index in [1.165, 1.54) is 24.8 Å². The predicted octanol–water partition coefficient (Wildman–Crippen LogP) is 3.62. The second kappa shape index (κ2) is 8.19. The molecule has 0 amide bonds. The molecule has 0 radical (unpaired) electrons. The van der Waals surface area contributed by atoms with Gasteiger partial charge in [-0.3, -0.25) is 4.90 Å². The number of piperazine rings is 1. The highest BCUT2D eigenvalue weighted by Gasteiger charge is 2.30. The minimum absolute atomic E-state index is 0.648. The molecule has 1 heterocycles. The van der Waals surface area contributed by atoms with E-state index in [2.05, 4.69) is 37.9 Å².